The van der Waals surface area contributed by atoms with Gasteiger partial charge in [-0.2, -0.15) is 0 Å². The maximum Gasteiger partial charge on any atom is 0.263 e. The zero-order chi connectivity index (χ0) is 23.0. The molecule has 6 nitrogen and oxygen atoms in total. The first kappa shape index (κ1) is 24.3. The van der Waals surface area contributed by atoms with Gasteiger partial charge in [0.25, 0.3) is 20.0 Å². The van der Waals surface area contributed by atoms with Crippen LogP contribution in [0.4, 0.5) is 11.4 Å². The summed E-state index contributed by atoms with van der Waals surface area (Å²) in [6, 6.07) is 11.6. The average molecular weight is 561 g/mol. The normalized spacial score (nSPS) is 11.9. The molecule has 0 heterocycles. The van der Waals surface area contributed by atoms with Gasteiger partial charge in [-0.15, -0.1) is 0 Å². The van der Waals surface area contributed by atoms with Crippen LogP contribution in [0, 0.1) is 0 Å². The van der Waals surface area contributed by atoms with Crippen LogP contribution in [0.2, 0.25) is 25.1 Å². The maximum atomic E-state index is 12.6. The molecule has 164 valence electrons. The van der Waals surface area contributed by atoms with Gasteiger partial charge in [0.1, 0.15) is 4.90 Å². The van der Waals surface area contributed by atoms with Crippen molar-refractivity contribution in [2.24, 2.45) is 0 Å². The second-order valence-electron chi connectivity index (χ2n) is 6.09. The van der Waals surface area contributed by atoms with Gasteiger partial charge >= 0.3 is 0 Å². The van der Waals surface area contributed by atoms with Crippen molar-refractivity contribution >= 4 is 89.4 Å². The fourth-order valence-corrected chi connectivity index (χ4v) is 6.08. The number of hydrogen-bond donors (Lipinski definition) is 2. The van der Waals surface area contributed by atoms with Crippen LogP contribution in [0.3, 0.4) is 0 Å². The molecule has 0 saturated carbocycles. The molecule has 0 saturated heterocycles. The predicted octanol–water partition coefficient (Wildman–Crippen LogP) is 6.56. The molecule has 2 N–H and O–H groups in total. The lowest BCUT2D eigenvalue weighted by Gasteiger charge is -2.12. The molecule has 0 bridgehead atoms. The zero-order valence-electron chi connectivity index (χ0n) is 15.0. The van der Waals surface area contributed by atoms with E-state index in [1.807, 2.05) is 0 Å². The summed E-state index contributed by atoms with van der Waals surface area (Å²) in [7, 11) is -8.08. The molecule has 0 atom stereocenters. The highest BCUT2D eigenvalue weighted by molar-refractivity contribution is 7.93. The Hall–Kier alpha value is -1.39. The summed E-state index contributed by atoms with van der Waals surface area (Å²) in [5.41, 5.74) is 0.281. The number of halogens is 5. The molecule has 3 aromatic carbocycles. The van der Waals surface area contributed by atoms with Crippen LogP contribution in [0.25, 0.3) is 0 Å². The van der Waals surface area contributed by atoms with Crippen LogP contribution < -0.4 is 9.44 Å². The molecule has 0 aliphatic carbocycles. The Bertz CT molecular complexity index is 1340. The largest absolute Gasteiger partial charge is 0.280 e. The van der Waals surface area contributed by atoms with Crippen molar-refractivity contribution < 1.29 is 16.8 Å². The molecule has 31 heavy (non-hydrogen) atoms. The number of anilines is 2. The molecule has 0 fully saturated rings. The summed E-state index contributed by atoms with van der Waals surface area (Å²) in [5.74, 6) is 0. The third kappa shape index (κ3) is 5.90. The van der Waals surface area contributed by atoms with Crippen molar-refractivity contribution in [1.29, 1.82) is 0 Å². The van der Waals surface area contributed by atoms with E-state index in [0.29, 0.717) is 0 Å². The molecule has 3 rings (SSSR count). The second-order valence-corrected chi connectivity index (χ2v) is 11.5. The standard InChI is InChI=1S/C18H11Cl5N2O4S2/c19-10-5-11(20)7-13(6-10)25-30(26,27)14-3-1-12(2-4-14)24-31(28,29)18-9-16(22)15(21)8-17(18)23/h1-9,24-25H. The third-order valence-electron chi connectivity index (χ3n) is 3.80. The molecule has 0 radical (unpaired) electrons. The summed E-state index contributed by atoms with van der Waals surface area (Å²) in [5, 5.41) is 0.520. The van der Waals surface area contributed by atoms with Crippen LogP contribution in [0.1, 0.15) is 0 Å². The number of sulfonamides is 2. The summed E-state index contributed by atoms with van der Waals surface area (Å²) < 4.78 is 55.0. The number of nitrogens with one attached hydrogen (secondary N) is 2. The van der Waals surface area contributed by atoms with E-state index in [1.165, 1.54) is 48.5 Å². The summed E-state index contributed by atoms with van der Waals surface area (Å²) in [6.07, 6.45) is 0. The molecule has 0 aliphatic rings. The van der Waals surface area contributed by atoms with E-state index in [9.17, 15) is 16.8 Å². The van der Waals surface area contributed by atoms with Crippen molar-refractivity contribution in [3.63, 3.8) is 0 Å². The Labute approximate surface area is 204 Å². The van der Waals surface area contributed by atoms with E-state index < -0.39 is 20.0 Å². The van der Waals surface area contributed by atoms with E-state index in [-0.39, 0.29) is 46.3 Å². The van der Waals surface area contributed by atoms with Crippen molar-refractivity contribution in [3.8, 4) is 0 Å². The van der Waals surface area contributed by atoms with Crippen molar-refractivity contribution in [2.45, 2.75) is 9.79 Å². The van der Waals surface area contributed by atoms with Gasteiger partial charge in [0.15, 0.2) is 0 Å². The highest BCUT2D eigenvalue weighted by Gasteiger charge is 2.21. The van der Waals surface area contributed by atoms with Crippen LogP contribution in [0.15, 0.2) is 64.4 Å². The quantitative estimate of drug-likeness (QED) is 0.334. The first-order valence-corrected chi connectivity index (χ1v) is 13.0. The van der Waals surface area contributed by atoms with Crippen molar-refractivity contribution in [2.75, 3.05) is 9.44 Å². The van der Waals surface area contributed by atoms with Crippen molar-refractivity contribution in [3.05, 3.63) is 79.7 Å². The van der Waals surface area contributed by atoms with Gasteiger partial charge in [0, 0.05) is 15.7 Å². The minimum absolute atomic E-state index is 0.0140. The van der Waals surface area contributed by atoms with Crippen LogP contribution in [-0.4, -0.2) is 16.8 Å². The van der Waals surface area contributed by atoms with Crippen molar-refractivity contribution in [1.82, 2.24) is 0 Å². The number of rotatable bonds is 6. The third-order valence-corrected chi connectivity index (χ3v) is 8.20. The van der Waals surface area contributed by atoms with E-state index in [0.717, 1.165) is 6.07 Å². The monoisotopic (exact) mass is 558 g/mol. The van der Waals surface area contributed by atoms with E-state index in [4.69, 9.17) is 58.0 Å². The topological polar surface area (TPSA) is 92.3 Å². The van der Waals surface area contributed by atoms with Gasteiger partial charge in [-0.1, -0.05) is 58.0 Å². The SMILES string of the molecule is O=S(=O)(Nc1cc(Cl)cc(Cl)c1)c1ccc(NS(=O)(=O)c2cc(Cl)c(Cl)cc2Cl)cc1. The average Bonchev–Trinajstić information content (AvgIpc) is 2.63. The minimum Gasteiger partial charge on any atom is -0.280 e. The first-order valence-electron chi connectivity index (χ1n) is 8.14. The lowest BCUT2D eigenvalue weighted by molar-refractivity contribution is 0.600. The Morgan fingerprint density at radius 1 is 0.548 bits per heavy atom. The summed E-state index contributed by atoms with van der Waals surface area (Å²) in [4.78, 5) is -0.390. The highest BCUT2D eigenvalue weighted by atomic mass is 35.5. The van der Waals surface area contributed by atoms with Gasteiger partial charge in [-0.25, -0.2) is 16.8 Å². The van der Waals surface area contributed by atoms with E-state index in [2.05, 4.69) is 9.44 Å². The van der Waals surface area contributed by atoms with Crippen LogP contribution in [-0.2, 0) is 20.0 Å². The van der Waals surface area contributed by atoms with Gasteiger partial charge < -0.3 is 0 Å². The summed E-state index contributed by atoms with van der Waals surface area (Å²) in [6.45, 7) is 0. The molecular weight excluding hydrogens is 550 g/mol. The molecule has 13 heteroatoms. The minimum atomic E-state index is -4.11. The van der Waals surface area contributed by atoms with Gasteiger partial charge in [0.05, 0.1) is 25.7 Å². The second kappa shape index (κ2) is 9.23. The Kier molecular flexibility index (Phi) is 7.22. The molecule has 0 spiro atoms. The smallest absolute Gasteiger partial charge is 0.263 e. The Balaban J connectivity index is 1.83. The predicted molar refractivity (Wildman–Crippen MR) is 126 cm³/mol. The zero-order valence-corrected chi connectivity index (χ0v) is 20.4. The van der Waals surface area contributed by atoms with Gasteiger partial charge in [-0.3, -0.25) is 9.44 Å². The number of hydrogen-bond acceptors (Lipinski definition) is 4. The highest BCUT2D eigenvalue weighted by Crippen LogP contribution is 2.32. The van der Waals surface area contributed by atoms with Gasteiger partial charge in [-0.05, 0) is 54.6 Å². The number of benzene rings is 3. The van der Waals surface area contributed by atoms with E-state index in [1.54, 1.807) is 0 Å². The van der Waals surface area contributed by atoms with E-state index >= 15 is 0 Å². The Morgan fingerprint density at radius 3 is 1.65 bits per heavy atom. The lowest BCUT2D eigenvalue weighted by Crippen LogP contribution is -2.15. The molecule has 0 amide bonds. The molecule has 0 unspecified atom stereocenters. The van der Waals surface area contributed by atoms with Gasteiger partial charge in [0.2, 0.25) is 0 Å². The fraction of sp³-hybridized carbons (Fsp3) is 0. The Morgan fingerprint density at radius 2 is 1.06 bits per heavy atom. The van der Waals surface area contributed by atoms with Crippen LogP contribution >= 0.6 is 58.0 Å². The lowest BCUT2D eigenvalue weighted by atomic mass is 10.3. The molecule has 0 aliphatic heterocycles. The summed E-state index contributed by atoms with van der Waals surface area (Å²) >= 11 is 29.4. The molecule has 0 aromatic heterocycles. The molecule has 3 aromatic rings. The van der Waals surface area contributed by atoms with Crippen LogP contribution in [0.5, 0.6) is 0 Å². The first-order chi connectivity index (χ1) is 14.4. The molecular formula is C18H11Cl5N2O4S2. The fourth-order valence-electron chi connectivity index (χ4n) is 2.45. The maximum absolute atomic E-state index is 12.6.